The van der Waals surface area contributed by atoms with Gasteiger partial charge in [-0.15, -0.1) is 0 Å². The summed E-state index contributed by atoms with van der Waals surface area (Å²) in [6.07, 6.45) is 0.709. The largest absolute Gasteiger partial charge is 0.383 e. The zero-order chi connectivity index (χ0) is 15.6. The van der Waals surface area contributed by atoms with Crippen LogP contribution in [0.1, 0.15) is 19.5 Å². The molecular weight excluding hydrogens is 336 g/mol. The third-order valence-electron chi connectivity index (χ3n) is 2.89. The van der Waals surface area contributed by atoms with E-state index in [1.165, 1.54) is 6.07 Å². The van der Waals surface area contributed by atoms with Crippen molar-refractivity contribution < 1.29 is 4.92 Å². The van der Waals surface area contributed by atoms with Crippen molar-refractivity contribution in [3.63, 3.8) is 0 Å². The van der Waals surface area contributed by atoms with Crippen molar-refractivity contribution in [2.45, 2.75) is 20.3 Å². The fourth-order valence-electron chi connectivity index (χ4n) is 1.98. The summed E-state index contributed by atoms with van der Waals surface area (Å²) in [6, 6.07) is 6.38. The van der Waals surface area contributed by atoms with Gasteiger partial charge in [0.1, 0.15) is 5.82 Å². The SMILES string of the molecule is CC(C)Cc1nc(-c2ccccc2[N+](=O)[O-])nc(N)c1Br. The number of benzene rings is 1. The van der Waals surface area contributed by atoms with Gasteiger partial charge in [0.15, 0.2) is 5.82 Å². The molecule has 0 amide bonds. The van der Waals surface area contributed by atoms with Crippen molar-refractivity contribution in [3.8, 4) is 11.4 Å². The average Bonchev–Trinajstić information content (AvgIpc) is 2.43. The quantitative estimate of drug-likeness (QED) is 0.671. The smallest absolute Gasteiger partial charge is 0.280 e. The Bertz CT molecular complexity index is 689. The van der Waals surface area contributed by atoms with Gasteiger partial charge < -0.3 is 5.73 Å². The number of hydrogen-bond acceptors (Lipinski definition) is 5. The van der Waals surface area contributed by atoms with Crippen LogP contribution in [0.5, 0.6) is 0 Å². The number of rotatable bonds is 4. The molecule has 0 aliphatic carbocycles. The zero-order valence-corrected chi connectivity index (χ0v) is 13.3. The van der Waals surface area contributed by atoms with Crippen LogP contribution in [0.4, 0.5) is 11.5 Å². The van der Waals surface area contributed by atoms with Crippen LogP contribution in [0.3, 0.4) is 0 Å². The first kappa shape index (κ1) is 15.4. The van der Waals surface area contributed by atoms with E-state index >= 15 is 0 Å². The molecule has 7 heteroatoms. The number of nitro benzene ring substituents is 1. The van der Waals surface area contributed by atoms with Gasteiger partial charge in [-0.3, -0.25) is 10.1 Å². The highest BCUT2D eigenvalue weighted by Crippen LogP contribution is 2.31. The minimum absolute atomic E-state index is 0.0327. The molecule has 1 aromatic carbocycles. The van der Waals surface area contributed by atoms with Crippen LogP contribution in [-0.4, -0.2) is 14.9 Å². The first-order valence-electron chi connectivity index (χ1n) is 6.45. The van der Waals surface area contributed by atoms with Gasteiger partial charge in [0.05, 0.1) is 20.7 Å². The number of nitro groups is 1. The predicted octanol–water partition coefficient (Wildman–Crippen LogP) is 3.60. The standard InChI is InChI=1S/C14H15BrN4O2/c1-8(2)7-10-12(15)13(16)18-14(17-10)9-5-3-4-6-11(9)19(20)21/h3-6,8H,7H2,1-2H3,(H2,16,17,18). The molecule has 1 heterocycles. The number of halogens is 1. The fraction of sp³-hybridized carbons (Fsp3) is 0.286. The Balaban J connectivity index is 2.60. The van der Waals surface area contributed by atoms with Gasteiger partial charge in [0.25, 0.3) is 5.69 Å². The number of para-hydroxylation sites is 1. The lowest BCUT2D eigenvalue weighted by atomic mass is 10.1. The molecule has 0 saturated carbocycles. The molecule has 110 valence electrons. The summed E-state index contributed by atoms with van der Waals surface area (Å²) in [5, 5.41) is 11.1. The van der Waals surface area contributed by atoms with Crippen molar-refractivity contribution in [2.24, 2.45) is 5.92 Å². The van der Waals surface area contributed by atoms with Crippen LogP contribution in [0.15, 0.2) is 28.7 Å². The summed E-state index contributed by atoms with van der Waals surface area (Å²) in [6.45, 7) is 4.13. The molecule has 2 aromatic rings. The average molecular weight is 351 g/mol. The van der Waals surface area contributed by atoms with Gasteiger partial charge in [-0.1, -0.05) is 26.0 Å². The van der Waals surface area contributed by atoms with Crippen LogP contribution in [0.25, 0.3) is 11.4 Å². The van der Waals surface area contributed by atoms with Gasteiger partial charge in [-0.25, -0.2) is 9.97 Å². The number of anilines is 1. The Kier molecular flexibility index (Phi) is 4.52. The first-order chi connectivity index (χ1) is 9.90. The van der Waals surface area contributed by atoms with Crippen LogP contribution < -0.4 is 5.73 Å². The zero-order valence-electron chi connectivity index (χ0n) is 11.7. The first-order valence-corrected chi connectivity index (χ1v) is 7.25. The topological polar surface area (TPSA) is 94.9 Å². The third-order valence-corrected chi connectivity index (χ3v) is 3.75. The number of nitrogens with two attached hydrogens (primary N) is 1. The van der Waals surface area contributed by atoms with Crippen molar-refractivity contribution in [1.82, 2.24) is 9.97 Å². The summed E-state index contributed by atoms with van der Waals surface area (Å²) in [5.41, 5.74) is 6.98. The maximum Gasteiger partial charge on any atom is 0.280 e. The van der Waals surface area contributed by atoms with E-state index in [1.807, 2.05) is 0 Å². The van der Waals surface area contributed by atoms with Crippen LogP contribution in [-0.2, 0) is 6.42 Å². The Hall–Kier alpha value is -2.02. The lowest BCUT2D eigenvalue weighted by molar-refractivity contribution is -0.384. The number of nitrogens with zero attached hydrogens (tertiary/aromatic N) is 3. The summed E-state index contributed by atoms with van der Waals surface area (Å²) >= 11 is 3.38. The highest BCUT2D eigenvalue weighted by atomic mass is 79.9. The third kappa shape index (κ3) is 3.36. The predicted molar refractivity (Wildman–Crippen MR) is 84.8 cm³/mol. The molecule has 0 spiro atoms. The van der Waals surface area contributed by atoms with Crippen molar-refractivity contribution in [3.05, 3.63) is 44.5 Å². The summed E-state index contributed by atoms with van der Waals surface area (Å²) < 4.78 is 0.651. The Morgan fingerprint density at radius 2 is 2.00 bits per heavy atom. The summed E-state index contributed by atoms with van der Waals surface area (Å²) in [5.74, 6) is 0.946. The molecule has 1 aromatic heterocycles. The Labute approximate surface area is 130 Å². The molecule has 21 heavy (non-hydrogen) atoms. The monoisotopic (exact) mass is 350 g/mol. The van der Waals surface area contributed by atoms with Crippen molar-refractivity contribution >= 4 is 27.4 Å². The lowest BCUT2D eigenvalue weighted by Gasteiger charge is -2.11. The van der Waals surface area contributed by atoms with E-state index in [4.69, 9.17) is 5.73 Å². The minimum atomic E-state index is -0.445. The second-order valence-corrected chi connectivity index (χ2v) is 5.86. The van der Waals surface area contributed by atoms with Crippen LogP contribution in [0, 0.1) is 16.0 Å². The molecule has 0 unspecified atom stereocenters. The number of aromatic nitrogens is 2. The molecule has 2 N–H and O–H groups in total. The van der Waals surface area contributed by atoms with E-state index in [9.17, 15) is 10.1 Å². The lowest BCUT2D eigenvalue weighted by Crippen LogP contribution is -2.06. The molecular formula is C14H15BrN4O2. The van der Waals surface area contributed by atoms with Gasteiger partial charge in [0.2, 0.25) is 0 Å². The Morgan fingerprint density at radius 3 is 2.62 bits per heavy atom. The second kappa shape index (κ2) is 6.17. The molecule has 0 bridgehead atoms. The molecule has 0 radical (unpaired) electrons. The van der Waals surface area contributed by atoms with E-state index < -0.39 is 4.92 Å². The van der Waals surface area contributed by atoms with E-state index in [-0.39, 0.29) is 17.3 Å². The summed E-state index contributed by atoms with van der Waals surface area (Å²) in [4.78, 5) is 19.3. The molecule has 6 nitrogen and oxygen atoms in total. The van der Waals surface area contributed by atoms with Crippen LogP contribution >= 0.6 is 15.9 Å². The highest BCUT2D eigenvalue weighted by Gasteiger charge is 2.19. The minimum Gasteiger partial charge on any atom is -0.383 e. The van der Waals surface area contributed by atoms with Gasteiger partial charge in [-0.05, 0) is 34.3 Å². The molecule has 2 rings (SSSR count). The summed E-state index contributed by atoms with van der Waals surface area (Å²) in [7, 11) is 0. The fourth-order valence-corrected chi connectivity index (χ4v) is 2.32. The normalized spacial score (nSPS) is 10.9. The van der Waals surface area contributed by atoms with Crippen LogP contribution in [0.2, 0.25) is 0 Å². The van der Waals surface area contributed by atoms with E-state index in [1.54, 1.807) is 18.2 Å². The number of nitrogen functional groups attached to an aromatic ring is 1. The molecule has 0 aliphatic rings. The van der Waals surface area contributed by atoms with Gasteiger partial charge in [0, 0.05) is 6.07 Å². The molecule has 0 atom stereocenters. The van der Waals surface area contributed by atoms with Gasteiger partial charge >= 0.3 is 0 Å². The highest BCUT2D eigenvalue weighted by molar-refractivity contribution is 9.10. The van der Waals surface area contributed by atoms with E-state index in [0.717, 1.165) is 5.69 Å². The second-order valence-electron chi connectivity index (χ2n) is 5.07. The van der Waals surface area contributed by atoms with Gasteiger partial charge in [-0.2, -0.15) is 0 Å². The maximum atomic E-state index is 11.1. The van der Waals surface area contributed by atoms with E-state index in [0.29, 0.717) is 22.4 Å². The number of hydrogen-bond donors (Lipinski definition) is 1. The maximum absolute atomic E-state index is 11.1. The van der Waals surface area contributed by atoms with Crippen molar-refractivity contribution in [1.29, 1.82) is 0 Å². The molecule has 0 fully saturated rings. The molecule has 0 aliphatic heterocycles. The Morgan fingerprint density at radius 1 is 1.33 bits per heavy atom. The van der Waals surface area contributed by atoms with Crippen molar-refractivity contribution in [2.75, 3.05) is 5.73 Å². The molecule has 0 saturated heterocycles. The van der Waals surface area contributed by atoms with E-state index in [2.05, 4.69) is 39.7 Å².